The number of nitrogens with one attached hydrogen (secondary N) is 1. The number of aromatic nitrogens is 1. The third-order valence-corrected chi connectivity index (χ3v) is 5.95. The van der Waals surface area contributed by atoms with Crippen LogP contribution in [0, 0.1) is 6.92 Å². The minimum absolute atomic E-state index is 0.129. The smallest absolute Gasteiger partial charge is 0.125 e. The van der Waals surface area contributed by atoms with Crippen LogP contribution < -0.4 is 5.32 Å². The Hall–Kier alpha value is -0.450. The van der Waals surface area contributed by atoms with Gasteiger partial charge in [0.1, 0.15) is 10.6 Å². The fraction of sp³-hybridized carbons (Fsp3) is 0.812. The maximum Gasteiger partial charge on any atom is 0.125 e. The summed E-state index contributed by atoms with van der Waals surface area (Å²) in [5.41, 5.74) is 1.04. The quantitative estimate of drug-likeness (QED) is 0.822. The average Bonchev–Trinajstić information content (AvgIpc) is 2.69. The fourth-order valence-corrected chi connectivity index (χ4v) is 4.53. The zero-order chi connectivity index (χ0) is 14.6. The van der Waals surface area contributed by atoms with Crippen LogP contribution in [0.25, 0.3) is 0 Å². The highest BCUT2D eigenvalue weighted by atomic mass is 32.1. The topological polar surface area (TPSA) is 34.1 Å². The molecule has 0 saturated heterocycles. The maximum absolute atomic E-state index is 5.98. The van der Waals surface area contributed by atoms with Crippen molar-refractivity contribution in [1.29, 1.82) is 0 Å². The molecule has 1 saturated carbocycles. The van der Waals surface area contributed by atoms with Gasteiger partial charge in [0.2, 0.25) is 0 Å². The van der Waals surface area contributed by atoms with Crippen LogP contribution in [0.3, 0.4) is 0 Å². The monoisotopic (exact) mass is 296 g/mol. The first-order valence-electron chi connectivity index (χ1n) is 7.89. The second-order valence-corrected chi connectivity index (χ2v) is 6.89. The Kier molecular flexibility index (Phi) is 5.58. The van der Waals surface area contributed by atoms with E-state index in [1.54, 1.807) is 0 Å². The van der Waals surface area contributed by atoms with Gasteiger partial charge in [-0.1, -0.05) is 32.6 Å². The molecule has 0 spiro atoms. The number of methoxy groups -OCH3 is 1. The molecule has 0 radical (unpaired) electrons. The van der Waals surface area contributed by atoms with Gasteiger partial charge in [-0.2, -0.15) is 0 Å². The van der Waals surface area contributed by atoms with Gasteiger partial charge in [-0.15, -0.1) is 11.3 Å². The normalized spacial score (nSPS) is 20.6. The Labute approximate surface area is 127 Å². The van der Waals surface area contributed by atoms with Crippen LogP contribution in [0.5, 0.6) is 0 Å². The highest BCUT2D eigenvalue weighted by Crippen LogP contribution is 2.42. The van der Waals surface area contributed by atoms with Crippen LogP contribution in [-0.2, 0) is 10.3 Å². The second-order valence-electron chi connectivity index (χ2n) is 5.86. The number of hydrogen-bond acceptors (Lipinski definition) is 4. The number of thiazole rings is 1. The van der Waals surface area contributed by atoms with Crippen LogP contribution in [0.2, 0.25) is 0 Å². The summed E-state index contributed by atoms with van der Waals surface area (Å²) in [6.07, 6.45) is 7.40. The lowest BCUT2D eigenvalue weighted by atomic mass is 9.95. The molecule has 1 aliphatic carbocycles. The Morgan fingerprint density at radius 2 is 1.95 bits per heavy atom. The molecule has 2 rings (SSSR count). The van der Waals surface area contributed by atoms with Crippen molar-refractivity contribution < 1.29 is 4.74 Å². The molecule has 1 N–H and O–H groups in total. The van der Waals surface area contributed by atoms with Crippen molar-refractivity contribution in [2.75, 3.05) is 13.7 Å². The summed E-state index contributed by atoms with van der Waals surface area (Å²) in [7, 11) is 1.86. The SMILES string of the molecule is CCNC(C)c1sc(C2(OC)CCCCCC2)nc1C. The van der Waals surface area contributed by atoms with Crippen molar-refractivity contribution in [2.45, 2.75) is 70.9 Å². The van der Waals surface area contributed by atoms with Crippen molar-refractivity contribution in [3.63, 3.8) is 0 Å². The van der Waals surface area contributed by atoms with Crippen molar-refractivity contribution in [3.05, 3.63) is 15.6 Å². The van der Waals surface area contributed by atoms with Crippen LogP contribution in [0.15, 0.2) is 0 Å². The van der Waals surface area contributed by atoms with E-state index in [-0.39, 0.29) is 5.60 Å². The van der Waals surface area contributed by atoms with Gasteiger partial charge in [-0.3, -0.25) is 0 Å². The molecule has 1 aromatic rings. The third kappa shape index (κ3) is 3.23. The van der Waals surface area contributed by atoms with Gasteiger partial charge < -0.3 is 10.1 Å². The standard InChI is InChI=1S/C16H28N2OS/c1-5-17-12(2)14-13(3)18-15(20-14)16(19-4)10-8-6-7-9-11-16/h12,17H,5-11H2,1-4H3. The predicted molar refractivity (Wildman–Crippen MR) is 85.3 cm³/mol. The van der Waals surface area contributed by atoms with Gasteiger partial charge in [0.15, 0.2) is 0 Å². The zero-order valence-corrected chi connectivity index (χ0v) is 14.1. The van der Waals surface area contributed by atoms with Gasteiger partial charge in [-0.25, -0.2) is 4.98 Å². The van der Waals surface area contributed by atoms with E-state index in [1.165, 1.54) is 41.3 Å². The molecule has 4 heteroatoms. The summed E-state index contributed by atoms with van der Waals surface area (Å²) in [5.74, 6) is 0. The largest absolute Gasteiger partial charge is 0.371 e. The summed E-state index contributed by atoms with van der Waals surface area (Å²) in [6.45, 7) is 7.49. The molecule has 0 bridgehead atoms. The molecule has 1 heterocycles. The van der Waals surface area contributed by atoms with E-state index in [0.29, 0.717) is 6.04 Å². The Balaban J connectivity index is 2.28. The molecule has 1 atom stereocenters. The lowest BCUT2D eigenvalue weighted by molar-refractivity contribution is -0.0280. The summed E-state index contributed by atoms with van der Waals surface area (Å²) in [6, 6.07) is 0.380. The molecular formula is C16H28N2OS. The first-order chi connectivity index (χ1) is 9.63. The summed E-state index contributed by atoms with van der Waals surface area (Å²) < 4.78 is 5.98. The molecule has 0 aromatic carbocycles. The third-order valence-electron chi connectivity index (χ3n) is 4.43. The van der Waals surface area contributed by atoms with Gasteiger partial charge in [0, 0.05) is 18.0 Å². The van der Waals surface area contributed by atoms with Gasteiger partial charge in [0.25, 0.3) is 0 Å². The summed E-state index contributed by atoms with van der Waals surface area (Å²) in [4.78, 5) is 6.24. The lowest BCUT2D eigenvalue weighted by Crippen LogP contribution is -2.27. The van der Waals surface area contributed by atoms with Crippen LogP contribution in [0.1, 0.15) is 74.0 Å². The zero-order valence-electron chi connectivity index (χ0n) is 13.3. The van der Waals surface area contributed by atoms with E-state index in [4.69, 9.17) is 9.72 Å². The molecule has 1 unspecified atom stereocenters. The molecule has 1 aromatic heterocycles. The molecule has 20 heavy (non-hydrogen) atoms. The molecule has 1 aliphatic rings. The number of ether oxygens (including phenoxy) is 1. The van der Waals surface area contributed by atoms with Gasteiger partial charge in [-0.05, 0) is 33.2 Å². The maximum atomic E-state index is 5.98. The molecular weight excluding hydrogens is 268 g/mol. The van der Waals surface area contributed by atoms with Crippen molar-refractivity contribution in [3.8, 4) is 0 Å². The second kappa shape index (κ2) is 7.01. The lowest BCUT2D eigenvalue weighted by Gasteiger charge is -2.29. The van der Waals surface area contributed by atoms with Crippen molar-refractivity contribution in [2.24, 2.45) is 0 Å². The number of aryl methyl sites for hydroxylation is 1. The van der Waals surface area contributed by atoms with E-state index in [9.17, 15) is 0 Å². The number of nitrogens with zero attached hydrogens (tertiary/aromatic N) is 1. The van der Waals surface area contributed by atoms with Crippen LogP contribution in [0.4, 0.5) is 0 Å². The van der Waals surface area contributed by atoms with Gasteiger partial charge >= 0.3 is 0 Å². The van der Waals surface area contributed by atoms with E-state index in [2.05, 4.69) is 26.1 Å². The Bertz CT molecular complexity index is 422. The van der Waals surface area contributed by atoms with Crippen LogP contribution >= 0.6 is 11.3 Å². The predicted octanol–water partition coefficient (Wildman–Crippen LogP) is 4.32. The highest BCUT2D eigenvalue weighted by molar-refractivity contribution is 7.12. The van der Waals surface area contributed by atoms with E-state index in [0.717, 1.165) is 19.4 Å². The summed E-state index contributed by atoms with van der Waals surface area (Å²) >= 11 is 1.85. The highest BCUT2D eigenvalue weighted by Gasteiger charge is 2.36. The molecule has 0 amide bonds. The Morgan fingerprint density at radius 3 is 2.50 bits per heavy atom. The molecule has 1 fully saturated rings. The Morgan fingerprint density at radius 1 is 1.30 bits per heavy atom. The molecule has 0 aliphatic heterocycles. The van der Waals surface area contributed by atoms with Crippen molar-refractivity contribution in [1.82, 2.24) is 10.3 Å². The fourth-order valence-electron chi connectivity index (χ4n) is 3.21. The number of hydrogen-bond donors (Lipinski definition) is 1. The van der Waals surface area contributed by atoms with Crippen molar-refractivity contribution >= 4 is 11.3 Å². The first kappa shape index (κ1) is 15.9. The van der Waals surface area contributed by atoms with E-state index >= 15 is 0 Å². The first-order valence-corrected chi connectivity index (χ1v) is 8.71. The van der Waals surface area contributed by atoms with E-state index < -0.39 is 0 Å². The average molecular weight is 296 g/mol. The minimum Gasteiger partial charge on any atom is -0.371 e. The van der Waals surface area contributed by atoms with Crippen LogP contribution in [-0.4, -0.2) is 18.6 Å². The van der Waals surface area contributed by atoms with Gasteiger partial charge in [0.05, 0.1) is 5.69 Å². The molecule has 114 valence electrons. The van der Waals surface area contributed by atoms with E-state index in [1.807, 2.05) is 18.4 Å². The number of rotatable bonds is 5. The minimum atomic E-state index is -0.129. The molecule has 3 nitrogen and oxygen atoms in total. The summed E-state index contributed by atoms with van der Waals surface area (Å²) in [5, 5.41) is 4.68.